The average Bonchev–Trinajstić information content (AvgIpc) is 2.30. The van der Waals surface area contributed by atoms with Crippen molar-refractivity contribution >= 4 is 23.1 Å². The predicted molar refractivity (Wildman–Crippen MR) is 68.1 cm³/mol. The fraction of sp³-hybridized carbons (Fsp3) is 0.417. The number of rotatable bonds is 7. The maximum atomic E-state index is 10.7. The predicted octanol–water partition coefficient (Wildman–Crippen LogP) is 3.39. The van der Waals surface area contributed by atoms with Crippen LogP contribution >= 0.6 is 11.6 Å². The third kappa shape index (κ3) is 4.71. The van der Waals surface area contributed by atoms with Crippen molar-refractivity contribution in [2.45, 2.75) is 26.2 Å². The Balaban J connectivity index is 2.48. The van der Waals surface area contributed by atoms with Gasteiger partial charge in [-0.3, -0.25) is 10.1 Å². The number of nitro groups is 1. The summed E-state index contributed by atoms with van der Waals surface area (Å²) in [5.41, 5.74) is -0.0573. The third-order valence-electron chi connectivity index (χ3n) is 2.31. The van der Waals surface area contributed by atoms with Crippen molar-refractivity contribution in [2.75, 3.05) is 6.61 Å². The highest BCUT2D eigenvalue weighted by Crippen LogP contribution is 2.28. The molecule has 5 nitrogen and oxygen atoms in total. The summed E-state index contributed by atoms with van der Waals surface area (Å²) in [5.74, 6) is 0.442. The molecule has 0 aliphatic carbocycles. The molecule has 1 aromatic carbocycles. The number of Topliss-reactive ketones (excluding diaryl/α,β-unsaturated/α-hetero) is 1. The van der Waals surface area contributed by atoms with Crippen molar-refractivity contribution in [1.29, 1.82) is 0 Å². The van der Waals surface area contributed by atoms with E-state index in [4.69, 9.17) is 16.3 Å². The van der Waals surface area contributed by atoms with Gasteiger partial charge in [0.15, 0.2) is 0 Å². The standard InChI is InChI=1S/C12H14ClNO4/c1-9(15)4-2-3-7-18-12-8-10(14(16)17)5-6-11(12)13/h5-6,8H,2-4,7H2,1H3. The highest BCUT2D eigenvalue weighted by Gasteiger charge is 2.10. The first-order valence-electron chi connectivity index (χ1n) is 5.57. The molecule has 0 aliphatic heterocycles. The van der Waals surface area contributed by atoms with E-state index in [1.807, 2.05) is 0 Å². The molecular weight excluding hydrogens is 258 g/mol. The van der Waals surface area contributed by atoms with Crippen LogP contribution < -0.4 is 4.74 Å². The van der Waals surface area contributed by atoms with Gasteiger partial charge in [-0.15, -0.1) is 0 Å². The lowest BCUT2D eigenvalue weighted by Gasteiger charge is -2.07. The number of halogens is 1. The van der Waals surface area contributed by atoms with Gasteiger partial charge in [0, 0.05) is 12.5 Å². The third-order valence-corrected chi connectivity index (χ3v) is 2.62. The molecule has 0 aliphatic rings. The normalized spacial score (nSPS) is 10.1. The number of unbranched alkanes of at least 4 members (excludes halogenated alkanes) is 1. The lowest BCUT2D eigenvalue weighted by molar-refractivity contribution is -0.384. The molecule has 0 unspecified atom stereocenters. The van der Waals surface area contributed by atoms with E-state index in [9.17, 15) is 14.9 Å². The summed E-state index contributed by atoms with van der Waals surface area (Å²) in [6.07, 6.45) is 1.96. The number of benzene rings is 1. The highest BCUT2D eigenvalue weighted by atomic mass is 35.5. The van der Waals surface area contributed by atoms with Crippen molar-refractivity contribution in [3.63, 3.8) is 0 Å². The van der Waals surface area contributed by atoms with E-state index in [1.54, 1.807) is 0 Å². The SMILES string of the molecule is CC(=O)CCCCOc1cc([N+](=O)[O-])ccc1Cl. The molecule has 1 aromatic rings. The Hall–Kier alpha value is -1.62. The summed E-state index contributed by atoms with van der Waals surface area (Å²) in [4.78, 5) is 20.8. The van der Waals surface area contributed by atoms with E-state index in [0.29, 0.717) is 30.2 Å². The van der Waals surface area contributed by atoms with E-state index >= 15 is 0 Å². The Morgan fingerprint density at radius 3 is 2.78 bits per heavy atom. The monoisotopic (exact) mass is 271 g/mol. The van der Waals surface area contributed by atoms with E-state index in [0.717, 1.165) is 6.42 Å². The number of hydrogen-bond donors (Lipinski definition) is 0. The van der Waals surface area contributed by atoms with Gasteiger partial charge in [0.2, 0.25) is 0 Å². The molecule has 0 heterocycles. The average molecular weight is 272 g/mol. The van der Waals surface area contributed by atoms with Crippen molar-refractivity contribution in [3.8, 4) is 5.75 Å². The summed E-state index contributed by atoms with van der Waals surface area (Å²) in [6, 6.07) is 4.06. The second-order valence-corrected chi connectivity index (χ2v) is 4.29. The smallest absolute Gasteiger partial charge is 0.273 e. The number of carbonyl (C=O) groups excluding carboxylic acids is 1. The molecule has 0 saturated carbocycles. The molecule has 0 spiro atoms. The summed E-state index contributed by atoms with van der Waals surface area (Å²) >= 11 is 5.86. The molecule has 0 fully saturated rings. The van der Waals surface area contributed by atoms with Gasteiger partial charge in [0.05, 0.1) is 22.6 Å². The Labute approximate surface area is 110 Å². The summed E-state index contributed by atoms with van der Waals surface area (Å²) in [5, 5.41) is 10.9. The second kappa shape index (κ2) is 6.96. The molecule has 1 rings (SSSR count). The zero-order valence-corrected chi connectivity index (χ0v) is 10.8. The highest BCUT2D eigenvalue weighted by molar-refractivity contribution is 6.32. The van der Waals surface area contributed by atoms with Crippen LogP contribution in [0.25, 0.3) is 0 Å². The maximum Gasteiger partial charge on any atom is 0.273 e. The summed E-state index contributed by atoms with van der Waals surface area (Å²) in [6.45, 7) is 1.92. The van der Waals surface area contributed by atoms with Gasteiger partial charge in [-0.05, 0) is 25.8 Å². The molecule has 0 amide bonds. The van der Waals surface area contributed by atoms with E-state index in [-0.39, 0.29) is 11.5 Å². The fourth-order valence-electron chi connectivity index (χ4n) is 1.37. The van der Waals surface area contributed by atoms with Crippen molar-refractivity contribution in [2.24, 2.45) is 0 Å². The van der Waals surface area contributed by atoms with Crippen molar-refractivity contribution in [1.82, 2.24) is 0 Å². The Morgan fingerprint density at radius 1 is 1.44 bits per heavy atom. The Bertz CT molecular complexity index is 448. The van der Waals surface area contributed by atoms with Crippen LogP contribution in [0.15, 0.2) is 18.2 Å². The lowest BCUT2D eigenvalue weighted by atomic mass is 10.2. The van der Waals surface area contributed by atoms with Crippen LogP contribution in [0.3, 0.4) is 0 Å². The van der Waals surface area contributed by atoms with Crippen LogP contribution in [-0.4, -0.2) is 17.3 Å². The lowest BCUT2D eigenvalue weighted by Crippen LogP contribution is -2.00. The Kier molecular flexibility index (Phi) is 5.58. The first-order chi connectivity index (χ1) is 8.50. The summed E-state index contributed by atoms with van der Waals surface area (Å²) < 4.78 is 5.36. The fourth-order valence-corrected chi connectivity index (χ4v) is 1.55. The summed E-state index contributed by atoms with van der Waals surface area (Å²) in [7, 11) is 0. The van der Waals surface area contributed by atoms with Gasteiger partial charge < -0.3 is 9.53 Å². The van der Waals surface area contributed by atoms with Gasteiger partial charge in [-0.2, -0.15) is 0 Å². The maximum absolute atomic E-state index is 10.7. The zero-order chi connectivity index (χ0) is 13.5. The van der Waals surface area contributed by atoms with Crippen LogP contribution in [-0.2, 0) is 4.79 Å². The second-order valence-electron chi connectivity index (χ2n) is 3.88. The van der Waals surface area contributed by atoms with Crippen LogP contribution in [0.5, 0.6) is 5.75 Å². The minimum Gasteiger partial charge on any atom is -0.492 e. The number of ketones is 1. The van der Waals surface area contributed by atoms with Gasteiger partial charge >= 0.3 is 0 Å². The first-order valence-corrected chi connectivity index (χ1v) is 5.94. The quantitative estimate of drug-likeness (QED) is 0.433. The molecule has 0 saturated heterocycles. The van der Waals surface area contributed by atoms with Crippen LogP contribution in [0, 0.1) is 10.1 Å². The minimum atomic E-state index is -0.501. The number of carbonyl (C=O) groups is 1. The van der Waals surface area contributed by atoms with Crippen LogP contribution in [0.1, 0.15) is 26.2 Å². The molecule has 18 heavy (non-hydrogen) atoms. The molecule has 0 atom stereocenters. The largest absolute Gasteiger partial charge is 0.492 e. The molecule has 0 N–H and O–H groups in total. The minimum absolute atomic E-state index is 0.0573. The number of nitrogens with zero attached hydrogens (tertiary/aromatic N) is 1. The van der Waals surface area contributed by atoms with E-state index in [2.05, 4.69) is 0 Å². The number of non-ortho nitro benzene ring substituents is 1. The molecule has 0 bridgehead atoms. The van der Waals surface area contributed by atoms with Crippen LogP contribution in [0.4, 0.5) is 5.69 Å². The Morgan fingerprint density at radius 2 is 2.17 bits per heavy atom. The number of ether oxygens (including phenoxy) is 1. The molecule has 0 radical (unpaired) electrons. The first kappa shape index (κ1) is 14.4. The van der Waals surface area contributed by atoms with E-state index in [1.165, 1.54) is 25.1 Å². The molecular formula is C12H14ClNO4. The van der Waals surface area contributed by atoms with Crippen molar-refractivity contribution < 1.29 is 14.5 Å². The molecule has 6 heteroatoms. The van der Waals surface area contributed by atoms with Gasteiger partial charge in [-0.25, -0.2) is 0 Å². The van der Waals surface area contributed by atoms with Crippen molar-refractivity contribution in [3.05, 3.63) is 33.3 Å². The molecule has 98 valence electrons. The van der Waals surface area contributed by atoms with Gasteiger partial charge in [-0.1, -0.05) is 11.6 Å². The van der Waals surface area contributed by atoms with Crippen LogP contribution in [0.2, 0.25) is 5.02 Å². The number of nitro benzene ring substituents is 1. The number of hydrogen-bond acceptors (Lipinski definition) is 4. The molecule has 0 aromatic heterocycles. The van der Waals surface area contributed by atoms with Gasteiger partial charge in [0.25, 0.3) is 5.69 Å². The zero-order valence-electron chi connectivity index (χ0n) is 10.0. The topological polar surface area (TPSA) is 69.4 Å². The van der Waals surface area contributed by atoms with Gasteiger partial charge in [0.1, 0.15) is 11.5 Å². The van der Waals surface area contributed by atoms with E-state index < -0.39 is 4.92 Å².